The summed E-state index contributed by atoms with van der Waals surface area (Å²) in [7, 11) is -3.92. The summed E-state index contributed by atoms with van der Waals surface area (Å²) in [4.78, 5) is 4.22. The maximum absolute atomic E-state index is 11.4. The van der Waals surface area contributed by atoms with Gasteiger partial charge in [0.1, 0.15) is 0 Å². The molecule has 0 atom stereocenters. The van der Waals surface area contributed by atoms with Crippen molar-refractivity contribution in [1.29, 1.82) is 0 Å². The van der Waals surface area contributed by atoms with E-state index in [1.165, 1.54) is 0 Å². The molecular formula is C13H21BN2O4S. The number of pyridine rings is 1. The van der Waals surface area contributed by atoms with Crippen molar-refractivity contribution in [2.45, 2.75) is 45.8 Å². The van der Waals surface area contributed by atoms with Gasteiger partial charge in [-0.15, -0.1) is 0 Å². The van der Waals surface area contributed by atoms with Gasteiger partial charge in [-0.2, -0.15) is 0 Å². The maximum Gasteiger partial charge on any atom is 0.496 e. The Bertz CT molecular complexity index is 642. The summed E-state index contributed by atoms with van der Waals surface area (Å²) in [5.74, 6) is 0. The van der Waals surface area contributed by atoms with Crippen LogP contribution in [0.15, 0.2) is 12.3 Å². The zero-order valence-electron chi connectivity index (χ0n) is 13.2. The number of aryl methyl sites for hydroxylation is 1. The highest BCUT2D eigenvalue weighted by Gasteiger charge is 2.51. The van der Waals surface area contributed by atoms with Gasteiger partial charge in [0.05, 0.1) is 28.8 Å². The second kappa shape index (κ2) is 4.96. The van der Waals surface area contributed by atoms with Crippen LogP contribution in [0.5, 0.6) is 0 Å². The molecule has 1 fully saturated rings. The molecule has 116 valence electrons. The second-order valence-electron chi connectivity index (χ2n) is 6.36. The van der Waals surface area contributed by atoms with E-state index in [9.17, 15) is 8.42 Å². The van der Waals surface area contributed by atoms with E-state index in [0.717, 1.165) is 6.26 Å². The summed E-state index contributed by atoms with van der Waals surface area (Å²) in [5, 5.41) is 0. The third-order valence-electron chi connectivity index (χ3n) is 3.93. The number of hydrogen-bond donors (Lipinski definition) is 1. The van der Waals surface area contributed by atoms with E-state index in [2.05, 4.69) is 9.71 Å². The number of hydrogen-bond acceptors (Lipinski definition) is 5. The zero-order valence-corrected chi connectivity index (χ0v) is 14.0. The smallest absolute Gasteiger partial charge is 0.399 e. The lowest BCUT2D eigenvalue weighted by Crippen LogP contribution is -2.41. The molecule has 6 nitrogen and oxygen atoms in total. The van der Waals surface area contributed by atoms with Crippen LogP contribution in [0.2, 0.25) is 0 Å². The average Bonchev–Trinajstić information content (AvgIpc) is 2.49. The standard InChI is InChI=1S/C13H21BN2O4S/c1-9-11(16-21(6,17)18)7-10(8-15-9)14-19-12(2,3)13(4,5)20-14/h7-8,16H,1-6H3. The van der Waals surface area contributed by atoms with Gasteiger partial charge < -0.3 is 9.31 Å². The molecule has 2 heterocycles. The predicted molar refractivity (Wildman–Crippen MR) is 83.2 cm³/mol. The molecule has 8 heteroatoms. The number of nitrogens with zero attached hydrogens (tertiary/aromatic N) is 1. The Morgan fingerprint density at radius 2 is 1.71 bits per heavy atom. The second-order valence-corrected chi connectivity index (χ2v) is 8.11. The molecule has 2 rings (SSSR count). The molecule has 1 aliphatic heterocycles. The van der Waals surface area contributed by atoms with Crippen LogP contribution in [0.25, 0.3) is 0 Å². The van der Waals surface area contributed by atoms with Gasteiger partial charge in [0.2, 0.25) is 10.0 Å². The summed E-state index contributed by atoms with van der Waals surface area (Å²) in [6, 6.07) is 1.70. The molecular weight excluding hydrogens is 291 g/mol. The van der Waals surface area contributed by atoms with E-state index >= 15 is 0 Å². The third-order valence-corrected chi connectivity index (χ3v) is 4.52. The zero-order chi connectivity index (χ0) is 16.1. The molecule has 1 aliphatic rings. The Kier molecular flexibility index (Phi) is 3.84. The first-order chi connectivity index (χ1) is 9.41. The number of nitrogens with one attached hydrogen (secondary N) is 1. The first kappa shape index (κ1) is 16.3. The SMILES string of the molecule is Cc1ncc(B2OC(C)(C)C(C)(C)O2)cc1NS(C)(=O)=O. The van der Waals surface area contributed by atoms with Gasteiger partial charge in [-0.25, -0.2) is 8.42 Å². The van der Waals surface area contributed by atoms with Crippen molar-refractivity contribution in [3.05, 3.63) is 18.0 Å². The maximum atomic E-state index is 11.4. The summed E-state index contributed by atoms with van der Waals surface area (Å²) in [5.41, 5.74) is 0.816. The van der Waals surface area contributed by atoms with Crippen LogP contribution in [0.3, 0.4) is 0 Å². The highest BCUT2D eigenvalue weighted by molar-refractivity contribution is 7.92. The summed E-state index contributed by atoms with van der Waals surface area (Å²) < 4.78 is 37.1. The number of sulfonamides is 1. The lowest BCUT2D eigenvalue weighted by Gasteiger charge is -2.32. The van der Waals surface area contributed by atoms with Crippen LogP contribution >= 0.6 is 0 Å². The Hall–Kier alpha value is -1.12. The molecule has 0 aromatic carbocycles. The molecule has 0 spiro atoms. The molecule has 0 aliphatic carbocycles. The highest BCUT2D eigenvalue weighted by Crippen LogP contribution is 2.36. The molecule has 1 aromatic heterocycles. The fourth-order valence-corrected chi connectivity index (χ4v) is 2.57. The van der Waals surface area contributed by atoms with Crippen LogP contribution in [0.1, 0.15) is 33.4 Å². The molecule has 1 aromatic rings. The highest BCUT2D eigenvalue weighted by atomic mass is 32.2. The van der Waals surface area contributed by atoms with Gasteiger partial charge in [-0.1, -0.05) is 0 Å². The quantitative estimate of drug-likeness (QED) is 0.845. The summed E-state index contributed by atoms with van der Waals surface area (Å²) >= 11 is 0. The van der Waals surface area contributed by atoms with Crippen molar-refractivity contribution in [3.8, 4) is 0 Å². The fraction of sp³-hybridized carbons (Fsp3) is 0.615. The van der Waals surface area contributed by atoms with E-state index < -0.39 is 28.3 Å². The summed E-state index contributed by atoms with van der Waals surface area (Å²) in [6.07, 6.45) is 2.75. The third kappa shape index (κ3) is 3.38. The molecule has 0 unspecified atom stereocenters. The predicted octanol–water partition coefficient (Wildman–Crippen LogP) is 1.06. The first-order valence-corrected chi connectivity index (χ1v) is 8.60. The summed E-state index contributed by atoms with van der Waals surface area (Å²) in [6.45, 7) is 9.59. The normalized spacial score (nSPS) is 20.6. The molecule has 0 radical (unpaired) electrons. The van der Waals surface area contributed by atoms with Crippen molar-refractivity contribution < 1.29 is 17.7 Å². The molecule has 21 heavy (non-hydrogen) atoms. The molecule has 1 saturated heterocycles. The Morgan fingerprint density at radius 1 is 1.19 bits per heavy atom. The number of rotatable bonds is 3. The Balaban J connectivity index is 2.33. The molecule has 0 saturated carbocycles. The van der Waals surface area contributed by atoms with Crippen molar-refractivity contribution in [2.24, 2.45) is 0 Å². The van der Waals surface area contributed by atoms with Gasteiger partial charge in [-0.05, 0) is 40.7 Å². The van der Waals surface area contributed by atoms with Crippen LogP contribution < -0.4 is 10.2 Å². The lowest BCUT2D eigenvalue weighted by molar-refractivity contribution is 0.00578. The number of anilines is 1. The van der Waals surface area contributed by atoms with Crippen molar-refractivity contribution in [3.63, 3.8) is 0 Å². The largest absolute Gasteiger partial charge is 0.496 e. The van der Waals surface area contributed by atoms with E-state index in [1.54, 1.807) is 19.2 Å². The first-order valence-electron chi connectivity index (χ1n) is 6.71. The van der Waals surface area contributed by atoms with Crippen LogP contribution in [0, 0.1) is 6.92 Å². The van der Waals surface area contributed by atoms with Gasteiger partial charge in [0, 0.05) is 11.7 Å². The van der Waals surface area contributed by atoms with Gasteiger partial charge in [0.15, 0.2) is 0 Å². The van der Waals surface area contributed by atoms with Crippen LogP contribution in [0.4, 0.5) is 5.69 Å². The molecule has 1 N–H and O–H groups in total. The fourth-order valence-electron chi connectivity index (χ4n) is 1.96. The molecule has 0 bridgehead atoms. The topological polar surface area (TPSA) is 77.5 Å². The minimum absolute atomic E-state index is 0.435. The molecule has 0 amide bonds. The Labute approximate surface area is 126 Å². The van der Waals surface area contributed by atoms with Gasteiger partial charge in [0.25, 0.3) is 0 Å². The van der Waals surface area contributed by atoms with Gasteiger partial charge in [-0.3, -0.25) is 9.71 Å². The van der Waals surface area contributed by atoms with E-state index in [-0.39, 0.29) is 0 Å². The van der Waals surface area contributed by atoms with E-state index in [0.29, 0.717) is 16.8 Å². The van der Waals surface area contributed by atoms with E-state index in [4.69, 9.17) is 9.31 Å². The average molecular weight is 312 g/mol. The Morgan fingerprint density at radius 3 is 2.19 bits per heavy atom. The van der Waals surface area contributed by atoms with Crippen LogP contribution in [-0.2, 0) is 19.3 Å². The van der Waals surface area contributed by atoms with E-state index in [1.807, 2.05) is 27.7 Å². The van der Waals surface area contributed by atoms with Crippen LogP contribution in [-0.4, -0.2) is 38.0 Å². The minimum atomic E-state index is -3.36. The van der Waals surface area contributed by atoms with Crippen molar-refractivity contribution in [2.75, 3.05) is 11.0 Å². The number of aromatic nitrogens is 1. The lowest BCUT2D eigenvalue weighted by atomic mass is 9.80. The van der Waals surface area contributed by atoms with Gasteiger partial charge >= 0.3 is 7.12 Å². The van der Waals surface area contributed by atoms with Crippen molar-refractivity contribution in [1.82, 2.24) is 4.98 Å². The minimum Gasteiger partial charge on any atom is -0.399 e. The monoisotopic (exact) mass is 312 g/mol. The van der Waals surface area contributed by atoms with Crippen molar-refractivity contribution >= 4 is 28.3 Å².